The van der Waals surface area contributed by atoms with E-state index in [2.05, 4.69) is 47.8 Å². The lowest BCUT2D eigenvalue weighted by Crippen LogP contribution is -2.49. The maximum absolute atomic E-state index is 13.2. The maximum atomic E-state index is 13.2. The monoisotopic (exact) mass is 784 g/mol. The molecule has 2 aromatic carbocycles. The second-order valence-corrected chi connectivity index (χ2v) is 15.3. The van der Waals surface area contributed by atoms with Gasteiger partial charge in [-0.2, -0.15) is 4.98 Å². The number of nitrogens with one attached hydrogen (secondary N) is 3. The van der Waals surface area contributed by atoms with E-state index in [1.807, 2.05) is 44.2 Å². The highest BCUT2D eigenvalue weighted by atomic mass is 35.5. The molecular weight excluding hydrogens is 736 g/mol. The fourth-order valence-electron chi connectivity index (χ4n) is 7.72. The van der Waals surface area contributed by atoms with Crippen LogP contribution in [0.4, 0.5) is 33.6 Å². The number of piperidine rings is 1. The van der Waals surface area contributed by atoms with Crippen molar-refractivity contribution >= 4 is 69.2 Å². The van der Waals surface area contributed by atoms with E-state index in [1.54, 1.807) is 21.7 Å². The van der Waals surface area contributed by atoms with Crippen molar-refractivity contribution in [3.05, 3.63) is 70.1 Å². The lowest BCUT2D eigenvalue weighted by molar-refractivity contribution is -0.122. The number of pyridine rings is 1. The van der Waals surface area contributed by atoms with Crippen LogP contribution in [0.25, 0.3) is 10.9 Å². The van der Waals surface area contributed by atoms with Crippen LogP contribution in [0.15, 0.2) is 59.5 Å². The Kier molecular flexibility index (Phi) is 11.9. The number of benzene rings is 2. The molecule has 3 saturated heterocycles. The smallest absolute Gasteiger partial charge is 0.328 e. The van der Waals surface area contributed by atoms with Crippen molar-refractivity contribution in [2.24, 2.45) is 5.92 Å². The summed E-state index contributed by atoms with van der Waals surface area (Å²) in [6.45, 7) is 10.6. The van der Waals surface area contributed by atoms with E-state index in [0.29, 0.717) is 35.7 Å². The molecule has 15 nitrogen and oxygen atoms in total. The Morgan fingerprint density at radius 3 is 2.54 bits per heavy atom. The van der Waals surface area contributed by atoms with Gasteiger partial charge >= 0.3 is 6.03 Å². The fraction of sp³-hybridized carbons (Fsp3) is 0.450. The van der Waals surface area contributed by atoms with Gasteiger partial charge in [-0.3, -0.25) is 24.6 Å². The molecule has 0 atom stereocenters. The predicted molar refractivity (Wildman–Crippen MR) is 219 cm³/mol. The molecule has 4 amide bonds. The van der Waals surface area contributed by atoms with Crippen molar-refractivity contribution in [3.8, 4) is 5.75 Å². The van der Waals surface area contributed by atoms with Crippen LogP contribution in [-0.4, -0.2) is 103 Å². The van der Waals surface area contributed by atoms with Gasteiger partial charge in [-0.25, -0.2) is 9.78 Å². The minimum atomic E-state index is -0.365. The van der Waals surface area contributed by atoms with E-state index in [1.165, 1.54) is 7.05 Å². The highest BCUT2D eigenvalue weighted by Gasteiger charge is 2.27. The number of hydrogen-bond acceptors (Lipinski definition) is 11. The lowest BCUT2D eigenvalue weighted by Gasteiger charge is -2.34. The first-order chi connectivity index (χ1) is 27.1. The number of halogens is 1. The molecule has 3 aliphatic rings. The van der Waals surface area contributed by atoms with Crippen molar-refractivity contribution in [1.82, 2.24) is 30.1 Å². The van der Waals surface area contributed by atoms with Gasteiger partial charge in [0.05, 0.1) is 11.7 Å². The summed E-state index contributed by atoms with van der Waals surface area (Å²) in [6.07, 6.45) is 5.05. The van der Waals surface area contributed by atoms with E-state index in [9.17, 15) is 19.2 Å². The third kappa shape index (κ3) is 8.84. The van der Waals surface area contributed by atoms with Gasteiger partial charge in [0.25, 0.3) is 11.5 Å². The molecule has 0 bridgehead atoms. The Bertz CT molecular complexity index is 2150. The summed E-state index contributed by atoms with van der Waals surface area (Å²) >= 11 is 6.60. The average Bonchev–Trinajstić information content (AvgIpc) is 3.43. The van der Waals surface area contributed by atoms with Gasteiger partial charge < -0.3 is 34.6 Å². The van der Waals surface area contributed by atoms with E-state index >= 15 is 0 Å². The summed E-state index contributed by atoms with van der Waals surface area (Å²) in [6, 6.07) is 14.9. The molecule has 0 spiro atoms. The van der Waals surface area contributed by atoms with Crippen molar-refractivity contribution in [2.45, 2.75) is 45.6 Å². The first-order valence-electron chi connectivity index (χ1n) is 19.3. The number of carbonyl (C=O) groups is 3. The Morgan fingerprint density at radius 1 is 0.964 bits per heavy atom. The Balaban J connectivity index is 0.951. The zero-order valence-corrected chi connectivity index (χ0v) is 32.8. The summed E-state index contributed by atoms with van der Waals surface area (Å²) in [5.41, 5.74) is 3.07. The van der Waals surface area contributed by atoms with E-state index in [0.717, 1.165) is 93.0 Å². The highest BCUT2D eigenvalue weighted by Crippen LogP contribution is 2.31. The van der Waals surface area contributed by atoms with Crippen molar-refractivity contribution in [3.63, 3.8) is 0 Å². The number of rotatable bonds is 11. The van der Waals surface area contributed by atoms with Gasteiger partial charge in [0, 0.05) is 87.8 Å². The lowest BCUT2D eigenvalue weighted by atomic mass is 9.96. The second-order valence-electron chi connectivity index (χ2n) is 14.9. The number of ether oxygens (including phenoxy) is 1. The topological polar surface area (TPSA) is 157 Å². The number of imide groups is 1. The molecule has 3 fully saturated rings. The quantitative estimate of drug-likeness (QED) is 0.193. The standard InChI is InChI=1S/C40H49ClN10O5/c1-26(2)51-33-9-8-29(20-28(33)21-34(38(51)54)56-25-36(53)42-3)44-37-32(41)23-43-39(46-37)49-15-10-27(11-16-49)24-47-13-5-14-48(19-18-47)30-6-4-7-31(22-30)50-17-12-35(52)45-40(50)55/h4,6-9,20-23,26-27H,5,10-19,24-25H2,1-3H3,(H,42,53)(H,43,44,46)(H,45,52,55). The van der Waals surface area contributed by atoms with Gasteiger partial charge in [-0.15, -0.1) is 0 Å². The van der Waals surface area contributed by atoms with Crippen molar-refractivity contribution in [2.75, 3.05) is 86.0 Å². The first kappa shape index (κ1) is 38.8. The molecular formula is C40H49ClN10O5. The number of fused-ring (bicyclic) bond motifs is 1. The average molecular weight is 785 g/mol. The molecule has 296 valence electrons. The fourth-order valence-corrected chi connectivity index (χ4v) is 7.86. The Hall–Kier alpha value is -5.41. The molecule has 0 aliphatic carbocycles. The van der Waals surface area contributed by atoms with E-state index in [-0.39, 0.29) is 41.8 Å². The number of amides is 4. The molecule has 2 aromatic heterocycles. The number of hydrogen-bond donors (Lipinski definition) is 3. The predicted octanol–water partition coefficient (Wildman–Crippen LogP) is 4.77. The van der Waals surface area contributed by atoms with Gasteiger partial charge in [0.15, 0.2) is 18.2 Å². The van der Waals surface area contributed by atoms with Crippen LogP contribution >= 0.6 is 11.6 Å². The van der Waals surface area contributed by atoms with Gasteiger partial charge in [-0.05, 0) is 88.0 Å². The summed E-state index contributed by atoms with van der Waals surface area (Å²) in [4.78, 5) is 67.3. The second kappa shape index (κ2) is 17.2. The third-order valence-corrected chi connectivity index (χ3v) is 11.0. The van der Waals surface area contributed by atoms with Crippen molar-refractivity contribution < 1.29 is 19.1 Å². The largest absolute Gasteiger partial charge is 0.478 e. The normalized spacial score (nSPS) is 17.3. The molecule has 16 heteroatoms. The molecule has 4 aromatic rings. The number of carbonyl (C=O) groups excluding carboxylic acids is 3. The third-order valence-electron chi connectivity index (χ3n) is 10.7. The summed E-state index contributed by atoms with van der Waals surface area (Å²) in [5.74, 6) is 1.22. The minimum absolute atomic E-state index is 0.100. The number of nitrogens with zero attached hydrogens (tertiary/aromatic N) is 7. The molecule has 3 N–H and O–H groups in total. The molecule has 3 aliphatic heterocycles. The molecule has 0 unspecified atom stereocenters. The van der Waals surface area contributed by atoms with Crippen LogP contribution in [0.1, 0.15) is 45.6 Å². The minimum Gasteiger partial charge on any atom is -0.478 e. The number of aromatic nitrogens is 3. The van der Waals surface area contributed by atoms with Crippen molar-refractivity contribution in [1.29, 1.82) is 0 Å². The van der Waals surface area contributed by atoms with E-state index in [4.69, 9.17) is 21.3 Å². The Labute approximate surface area is 330 Å². The van der Waals surface area contributed by atoms with Crippen LogP contribution in [-0.2, 0) is 9.59 Å². The SMILES string of the molecule is CNC(=O)COc1cc2cc(Nc3nc(N4CCC(CN5CCCN(c6cccc(N7CCC(=O)NC7=O)c6)CC5)CC4)ncc3Cl)ccc2n(C(C)C)c1=O. The zero-order chi connectivity index (χ0) is 39.3. The highest BCUT2D eigenvalue weighted by molar-refractivity contribution is 6.33. The molecule has 7 rings (SSSR count). The number of urea groups is 1. The van der Waals surface area contributed by atoms with Crippen LogP contribution < -0.4 is 40.9 Å². The summed E-state index contributed by atoms with van der Waals surface area (Å²) < 4.78 is 7.27. The Morgan fingerprint density at radius 2 is 1.77 bits per heavy atom. The van der Waals surface area contributed by atoms with Gasteiger partial charge in [0.1, 0.15) is 5.02 Å². The summed E-state index contributed by atoms with van der Waals surface area (Å²) in [5, 5.41) is 9.42. The summed E-state index contributed by atoms with van der Waals surface area (Å²) in [7, 11) is 1.52. The molecule has 0 saturated carbocycles. The number of anilines is 5. The van der Waals surface area contributed by atoms with Gasteiger partial charge in [0.2, 0.25) is 11.9 Å². The van der Waals surface area contributed by atoms with Gasteiger partial charge in [-0.1, -0.05) is 17.7 Å². The zero-order valence-electron chi connectivity index (χ0n) is 32.1. The maximum Gasteiger partial charge on any atom is 0.328 e. The van der Waals surface area contributed by atoms with Crippen LogP contribution in [0.2, 0.25) is 5.02 Å². The molecule has 5 heterocycles. The van der Waals surface area contributed by atoms with E-state index < -0.39 is 0 Å². The first-order valence-corrected chi connectivity index (χ1v) is 19.7. The van der Waals surface area contributed by atoms with Crippen LogP contribution in [0.3, 0.4) is 0 Å². The molecule has 56 heavy (non-hydrogen) atoms. The van der Waals surface area contributed by atoms with Crippen LogP contribution in [0, 0.1) is 5.92 Å². The molecule has 0 radical (unpaired) electrons. The number of likely N-dealkylation sites (N-methyl/N-ethyl adjacent to an activating group) is 1. The van der Waals surface area contributed by atoms with Crippen LogP contribution in [0.5, 0.6) is 5.75 Å².